The minimum absolute atomic E-state index is 0.563. The van der Waals surface area contributed by atoms with Crippen molar-refractivity contribution in [3.63, 3.8) is 0 Å². The molecular weight excluding hydrogens is 369 g/mol. The Balaban J connectivity index is 1.56. The zero-order chi connectivity index (χ0) is 18.5. The van der Waals surface area contributed by atoms with Gasteiger partial charge in [0.05, 0.1) is 5.69 Å². The molecule has 0 unspecified atom stereocenters. The summed E-state index contributed by atoms with van der Waals surface area (Å²) in [6, 6.07) is 13.6. The van der Waals surface area contributed by atoms with E-state index in [1.807, 2.05) is 50.2 Å². The minimum Gasteiger partial charge on any atom is -0.457 e. The summed E-state index contributed by atoms with van der Waals surface area (Å²) in [4.78, 5) is 8.22. The van der Waals surface area contributed by atoms with Gasteiger partial charge in [-0.1, -0.05) is 35.3 Å². The fourth-order valence-electron chi connectivity index (χ4n) is 2.53. The van der Waals surface area contributed by atoms with Crippen LogP contribution in [0.5, 0.6) is 11.5 Å². The number of anilines is 1. The maximum absolute atomic E-state index is 6.18. The maximum atomic E-state index is 6.18. The van der Waals surface area contributed by atoms with Crippen molar-refractivity contribution in [3.05, 3.63) is 75.7 Å². The Labute approximate surface area is 163 Å². The monoisotopic (exact) mass is 387 g/mol. The van der Waals surface area contributed by atoms with E-state index in [2.05, 4.69) is 15.3 Å². The standard InChI is InChI=1S/C20H19Cl2N3O/c1-13-9-16(21)11-18(10-13)26-17-5-3-15(4-6-17)7-8-23-20-19(22)14(2)24-12-25-20/h3-6,9-12H,7-8H2,1-2H3,(H,23,24,25). The van der Waals surface area contributed by atoms with Gasteiger partial charge in [-0.15, -0.1) is 0 Å². The quantitative estimate of drug-likeness (QED) is 0.576. The summed E-state index contributed by atoms with van der Waals surface area (Å²) in [6.45, 7) is 4.57. The highest BCUT2D eigenvalue weighted by atomic mass is 35.5. The molecule has 0 radical (unpaired) electrons. The molecule has 0 aliphatic carbocycles. The minimum atomic E-state index is 0.563. The Hall–Kier alpha value is -2.30. The number of nitrogens with zero attached hydrogens (tertiary/aromatic N) is 2. The van der Waals surface area contributed by atoms with Crippen LogP contribution < -0.4 is 10.1 Å². The van der Waals surface area contributed by atoms with Gasteiger partial charge in [0.15, 0.2) is 0 Å². The molecule has 0 bridgehead atoms. The molecule has 3 aromatic rings. The molecule has 0 aliphatic heterocycles. The number of aryl methyl sites for hydroxylation is 2. The summed E-state index contributed by atoms with van der Waals surface area (Å²) in [5, 5.41) is 4.47. The van der Waals surface area contributed by atoms with Crippen molar-refractivity contribution in [1.29, 1.82) is 0 Å². The molecule has 0 amide bonds. The second-order valence-electron chi connectivity index (χ2n) is 6.01. The number of rotatable bonds is 6. The van der Waals surface area contributed by atoms with Crippen molar-refractivity contribution in [2.75, 3.05) is 11.9 Å². The molecule has 0 aliphatic rings. The fraction of sp³-hybridized carbons (Fsp3) is 0.200. The van der Waals surface area contributed by atoms with E-state index < -0.39 is 0 Å². The summed E-state index contributed by atoms with van der Waals surface area (Å²) in [6.07, 6.45) is 2.35. The number of aromatic nitrogens is 2. The van der Waals surface area contributed by atoms with Crippen molar-refractivity contribution in [2.45, 2.75) is 20.3 Å². The van der Waals surface area contributed by atoms with Gasteiger partial charge in [0.1, 0.15) is 28.7 Å². The zero-order valence-electron chi connectivity index (χ0n) is 14.6. The van der Waals surface area contributed by atoms with Gasteiger partial charge in [0, 0.05) is 11.6 Å². The summed E-state index contributed by atoms with van der Waals surface area (Å²) in [5.74, 6) is 2.17. The first-order valence-corrected chi connectivity index (χ1v) is 9.02. The van der Waals surface area contributed by atoms with E-state index in [1.165, 1.54) is 11.9 Å². The third kappa shape index (κ3) is 4.87. The number of benzene rings is 2. The third-order valence-corrected chi connectivity index (χ3v) is 4.52. The van der Waals surface area contributed by atoms with Crippen LogP contribution in [0.25, 0.3) is 0 Å². The third-order valence-electron chi connectivity index (χ3n) is 3.84. The van der Waals surface area contributed by atoms with Crippen LogP contribution in [0.2, 0.25) is 10.0 Å². The highest BCUT2D eigenvalue weighted by Crippen LogP contribution is 2.26. The highest BCUT2D eigenvalue weighted by molar-refractivity contribution is 6.33. The lowest BCUT2D eigenvalue weighted by Crippen LogP contribution is -2.07. The number of ether oxygens (including phenoxy) is 1. The van der Waals surface area contributed by atoms with E-state index in [9.17, 15) is 0 Å². The second kappa shape index (κ2) is 8.39. The SMILES string of the molecule is Cc1cc(Cl)cc(Oc2ccc(CCNc3ncnc(C)c3Cl)cc2)c1. The molecule has 0 atom stereocenters. The molecule has 0 saturated heterocycles. The van der Waals surface area contributed by atoms with Crippen molar-refractivity contribution in [1.82, 2.24) is 9.97 Å². The predicted octanol–water partition coefficient (Wildman–Crippen LogP) is 5.85. The first-order chi connectivity index (χ1) is 12.5. The molecule has 1 heterocycles. The molecule has 1 aromatic heterocycles. The zero-order valence-corrected chi connectivity index (χ0v) is 16.1. The van der Waals surface area contributed by atoms with Crippen LogP contribution in [0, 0.1) is 13.8 Å². The fourth-order valence-corrected chi connectivity index (χ4v) is 2.97. The van der Waals surface area contributed by atoms with Gasteiger partial charge in [0.25, 0.3) is 0 Å². The average Bonchev–Trinajstić information content (AvgIpc) is 2.59. The highest BCUT2D eigenvalue weighted by Gasteiger charge is 2.05. The first kappa shape index (κ1) is 18.5. The van der Waals surface area contributed by atoms with Crippen molar-refractivity contribution in [3.8, 4) is 11.5 Å². The van der Waals surface area contributed by atoms with Crippen LogP contribution in [0.3, 0.4) is 0 Å². The Morgan fingerprint density at radius 1 is 0.962 bits per heavy atom. The van der Waals surface area contributed by atoms with E-state index in [1.54, 1.807) is 6.07 Å². The van der Waals surface area contributed by atoms with E-state index in [-0.39, 0.29) is 0 Å². The number of hydrogen-bond donors (Lipinski definition) is 1. The van der Waals surface area contributed by atoms with Gasteiger partial charge in [0.2, 0.25) is 0 Å². The predicted molar refractivity (Wildman–Crippen MR) is 107 cm³/mol. The Morgan fingerprint density at radius 2 is 1.73 bits per heavy atom. The van der Waals surface area contributed by atoms with Gasteiger partial charge in [-0.05, 0) is 61.7 Å². The van der Waals surface area contributed by atoms with Crippen LogP contribution in [0.4, 0.5) is 5.82 Å². The number of halogens is 2. The Morgan fingerprint density at radius 3 is 2.46 bits per heavy atom. The molecule has 6 heteroatoms. The lowest BCUT2D eigenvalue weighted by Gasteiger charge is -2.10. The van der Waals surface area contributed by atoms with Crippen molar-refractivity contribution >= 4 is 29.0 Å². The van der Waals surface area contributed by atoms with Crippen LogP contribution in [0.15, 0.2) is 48.8 Å². The van der Waals surface area contributed by atoms with Crippen LogP contribution in [-0.2, 0) is 6.42 Å². The lowest BCUT2D eigenvalue weighted by molar-refractivity contribution is 0.482. The van der Waals surface area contributed by atoms with Crippen molar-refractivity contribution < 1.29 is 4.74 Å². The summed E-state index contributed by atoms with van der Waals surface area (Å²) >= 11 is 12.2. The second-order valence-corrected chi connectivity index (χ2v) is 6.82. The summed E-state index contributed by atoms with van der Waals surface area (Å²) in [7, 11) is 0. The summed E-state index contributed by atoms with van der Waals surface area (Å²) < 4.78 is 5.86. The molecule has 134 valence electrons. The molecule has 26 heavy (non-hydrogen) atoms. The topological polar surface area (TPSA) is 47.0 Å². The van der Waals surface area contributed by atoms with Gasteiger partial charge in [-0.25, -0.2) is 9.97 Å². The van der Waals surface area contributed by atoms with Gasteiger partial charge < -0.3 is 10.1 Å². The average molecular weight is 388 g/mol. The smallest absolute Gasteiger partial charge is 0.148 e. The summed E-state index contributed by atoms with van der Waals surface area (Å²) in [5.41, 5.74) is 3.02. The Kier molecular flexibility index (Phi) is 5.96. The maximum Gasteiger partial charge on any atom is 0.148 e. The van der Waals surface area contributed by atoms with Crippen LogP contribution in [0.1, 0.15) is 16.8 Å². The molecule has 0 spiro atoms. The molecule has 1 N–H and O–H groups in total. The molecule has 0 fully saturated rings. The normalized spacial score (nSPS) is 10.6. The van der Waals surface area contributed by atoms with Crippen LogP contribution in [-0.4, -0.2) is 16.5 Å². The molecule has 2 aromatic carbocycles. The lowest BCUT2D eigenvalue weighted by atomic mass is 10.1. The van der Waals surface area contributed by atoms with Crippen LogP contribution >= 0.6 is 23.2 Å². The van der Waals surface area contributed by atoms with E-state index >= 15 is 0 Å². The molecule has 0 saturated carbocycles. The molecular formula is C20H19Cl2N3O. The van der Waals surface area contributed by atoms with Gasteiger partial charge >= 0.3 is 0 Å². The van der Waals surface area contributed by atoms with E-state index in [0.717, 1.165) is 35.7 Å². The molecule has 4 nitrogen and oxygen atoms in total. The largest absolute Gasteiger partial charge is 0.457 e. The van der Waals surface area contributed by atoms with Gasteiger partial charge in [-0.3, -0.25) is 0 Å². The van der Waals surface area contributed by atoms with E-state index in [4.69, 9.17) is 27.9 Å². The van der Waals surface area contributed by atoms with Gasteiger partial charge in [-0.2, -0.15) is 0 Å². The first-order valence-electron chi connectivity index (χ1n) is 8.26. The Bertz CT molecular complexity index is 878. The number of nitrogens with one attached hydrogen (secondary N) is 1. The van der Waals surface area contributed by atoms with E-state index in [0.29, 0.717) is 15.9 Å². The van der Waals surface area contributed by atoms with Crippen molar-refractivity contribution in [2.24, 2.45) is 0 Å². The molecule has 3 rings (SSSR count). The number of hydrogen-bond acceptors (Lipinski definition) is 4.